The lowest BCUT2D eigenvalue weighted by Gasteiger charge is -2.11. The molecule has 2 N–H and O–H groups in total. The summed E-state index contributed by atoms with van der Waals surface area (Å²) in [5, 5.41) is 12.5. The van der Waals surface area contributed by atoms with Gasteiger partial charge >= 0.3 is 12.2 Å². The Balaban J connectivity index is 1.32. The second-order valence-corrected chi connectivity index (χ2v) is 10.2. The lowest BCUT2D eigenvalue weighted by molar-refractivity contribution is -0.137. The Morgan fingerprint density at radius 1 is 1.13 bits per heavy atom. The largest absolute Gasteiger partial charge is 0.443 e. The average Bonchev–Trinajstić information content (AvgIpc) is 3.33. The molecule has 2 aliphatic rings. The van der Waals surface area contributed by atoms with Gasteiger partial charge < -0.3 is 19.8 Å². The number of alkyl halides is 3. The Morgan fingerprint density at radius 2 is 1.90 bits per heavy atom. The van der Waals surface area contributed by atoms with Crippen molar-refractivity contribution in [3.63, 3.8) is 0 Å². The van der Waals surface area contributed by atoms with E-state index in [1.807, 2.05) is 42.5 Å². The number of para-hydroxylation sites is 1. The number of carbonyl (C=O) groups is 1. The molecule has 13 heteroatoms. The number of thiazole rings is 1. The number of nitrogens with zero attached hydrogens (tertiary/aromatic N) is 4. The summed E-state index contributed by atoms with van der Waals surface area (Å²) in [6, 6.07) is 16.5. The zero-order valence-electron chi connectivity index (χ0n) is 20.4. The molecule has 0 bridgehead atoms. The number of hydrogen-bond acceptors (Lipinski definition) is 9. The highest BCUT2D eigenvalue weighted by Crippen LogP contribution is 2.53. The number of aliphatic imine (C=N–C) groups is 1. The van der Waals surface area contributed by atoms with Gasteiger partial charge in [0.05, 0.1) is 11.4 Å². The van der Waals surface area contributed by atoms with E-state index in [0.717, 1.165) is 11.1 Å². The van der Waals surface area contributed by atoms with E-state index in [1.54, 1.807) is 19.2 Å². The molecule has 39 heavy (non-hydrogen) atoms. The third-order valence-corrected chi connectivity index (χ3v) is 7.65. The highest BCUT2D eigenvalue weighted by Gasteiger charge is 2.45. The number of methoxy groups -OCH3 is 1. The van der Waals surface area contributed by atoms with Crippen LogP contribution in [0.5, 0.6) is 0 Å². The maximum atomic E-state index is 13.5. The molecule has 0 saturated heterocycles. The molecule has 3 heterocycles. The third-order valence-electron chi connectivity index (χ3n) is 6.42. The summed E-state index contributed by atoms with van der Waals surface area (Å²) in [7, 11) is 1.55. The number of carbonyl (C=O) groups excluding carboxylic acids is 1. The number of benzodiazepines with no additional fused rings is 1. The standard InChI is InChI=1S/C26H21F3N6O3S/c1-37-12-14-11-16(14)20-19(32-24(39-20)26(27,28)29)23-34-35-25(38-23)33-21-22(36)30-17-10-6-5-9-15(17)18(31-21)13-7-3-2-4-8-13/h2-10,14,16,21H,11-12H2,1H3,(H,30,36)(H,33,35)/t14-,16+,21-/m1/s1. The van der Waals surface area contributed by atoms with Crippen molar-refractivity contribution in [2.75, 3.05) is 24.4 Å². The minimum Gasteiger partial charge on any atom is -0.402 e. The number of fused-ring (bicyclic) bond motifs is 1. The van der Waals surface area contributed by atoms with Crippen molar-refractivity contribution in [1.29, 1.82) is 0 Å². The van der Waals surface area contributed by atoms with Gasteiger partial charge in [-0.2, -0.15) is 13.2 Å². The van der Waals surface area contributed by atoms with E-state index < -0.39 is 23.3 Å². The van der Waals surface area contributed by atoms with Gasteiger partial charge in [-0.25, -0.2) is 9.98 Å². The Bertz CT molecular complexity index is 1550. The zero-order chi connectivity index (χ0) is 27.1. The van der Waals surface area contributed by atoms with Crippen LogP contribution in [0.15, 0.2) is 64.0 Å². The molecule has 1 amide bonds. The molecule has 3 atom stereocenters. The Kier molecular flexibility index (Phi) is 6.39. The predicted molar refractivity (Wildman–Crippen MR) is 138 cm³/mol. The summed E-state index contributed by atoms with van der Waals surface area (Å²) in [5.74, 6) is -0.687. The highest BCUT2D eigenvalue weighted by molar-refractivity contribution is 7.12. The number of halogens is 3. The summed E-state index contributed by atoms with van der Waals surface area (Å²) < 4.78 is 51.3. The van der Waals surface area contributed by atoms with E-state index in [9.17, 15) is 18.0 Å². The van der Waals surface area contributed by atoms with Gasteiger partial charge in [0.1, 0.15) is 5.69 Å². The first kappa shape index (κ1) is 25.2. The van der Waals surface area contributed by atoms with Crippen LogP contribution in [0.3, 0.4) is 0 Å². The van der Waals surface area contributed by atoms with Crippen LogP contribution >= 0.6 is 11.3 Å². The number of anilines is 2. The van der Waals surface area contributed by atoms with Crippen molar-refractivity contribution in [1.82, 2.24) is 15.2 Å². The topological polar surface area (TPSA) is 115 Å². The van der Waals surface area contributed by atoms with Crippen molar-refractivity contribution in [2.24, 2.45) is 10.9 Å². The lowest BCUT2D eigenvalue weighted by Crippen LogP contribution is -2.32. The quantitative estimate of drug-likeness (QED) is 0.323. The number of hydrogen-bond donors (Lipinski definition) is 2. The Morgan fingerprint density at radius 3 is 2.67 bits per heavy atom. The van der Waals surface area contributed by atoms with Crippen molar-refractivity contribution in [3.8, 4) is 11.6 Å². The average molecular weight is 555 g/mol. The first-order valence-corrected chi connectivity index (χ1v) is 12.8. The molecule has 1 fully saturated rings. The molecule has 0 spiro atoms. The van der Waals surface area contributed by atoms with Crippen LogP contribution in [0, 0.1) is 5.92 Å². The number of rotatable bonds is 7. The van der Waals surface area contributed by atoms with Crippen LogP contribution in [0.4, 0.5) is 24.9 Å². The van der Waals surface area contributed by atoms with E-state index in [2.05, 4.69) is 30.8 Å². The third kappa shape index (κ3) is 5.02. The van der Waals surface area contributed by atoms with Gasteiger partial charge in [0.25, 0.3) is 11.8 Å². The molecule has 2 aromatic heterocycles. The van der Waals surface area contributed by atoms with E-state index >= 15 is 0 Å². The van der Waals surface area contributed by atoms with Crippen LogP contribution in [-0.2, 0) is 15.7 Å². The van der Waals surface area contributed by atoms with Crippen LogP contribution in [0.1, 0.15) is 33.4 Å². The second-order valence-electron chi connectivity index (χ2n) is 9.13. The monoisotopic (exact) mass is 554 g/mol. The van der Waals surface area contributed by atoms with Crippen molar-refractivity contribution in [2.45, 2.75) is 24.7 Å². The first-order valence-electron chi connectivity index (χ1n) is 12.0. The van der Waals surface area contributed by atoms with Gasteiger partial charge in [-0.05, 0) is 18.4 Å². The zero-order valence-corrected chi connectivity index (χ0v) is 21.2. The molecule has 1 aliphatic heterocycles. The second kappa shape index (κ2) is 9.89. The molecule has 0 radical (unpaired) electrons. The van der Waals surface area contributed by atoms with Gasteiger partial charge in [-0.15, -0.1) is 16.4 Å². The lowest BCUT2D eigenvalue weighted by atomic mass is 10.0. The van der Waals surface area contributed by atoms with Crippen LogP contribution in [-0.4, -0.2) is 46.7 Å². The molecule has 1 saturated carbocycles. The van der Waals surface area contributed by atoms with Gasteiger partial charge in [-0.1, -0.05) is 53.6 Å². The first-order chi connectivity index (χ1) is 18.8. The molecule has 0 unspecified atom stereocenters. The minimum absolute atomic E-state index is 0.0114. The minimum atomic E-state index is -4.61. The van der Waals surface area contributed by atoms with Gasteiger partial charge in [-0.3, -0.25) is 4.79 Å². The number of benzene rings is 2. The summed E-state index contributed by atoms with van der Waals surface area (Å²) in [5.41, 5.74) is 2.66. The molecular formula is C26H21F3N6O3S. The highest BCUT2D eigenvalue weighted by atomic mass is 32.1. The van der Waals surface area contributed by atoms with E-state index in [4.69, 9.17) is 9.15 Å². The molecule has 6 rings (SSSR count). The van der Waals surface area contributed by atoms with Gasteiger partial charge in [0.2, 0.25) is 6.17 Å². The summed E-state index contributed by atoms with van der Waals surface area (Å²) in [6.45, 7) is 0.431. The Labute approximate surface area is 224 Å². The molecule has 4 aromatic rings. The van der Waals surface area contributed by atoms with Crippen molar-refractivity contribution >= 4 is 34.7 Å². The van der Waals surface area contributed by atoms with Crippen molar-refractivity contribution in [3.05, 3.63) is 75.6 Å². The van der Waals surface area contributed by atoms with Crippen LogP contribution in [0.2, 0.25) is 0 Å². The van der Waals surface area contributed by atoms with Crippen LogP contribution < -0.4 is 10.6 Å². The smallest absolute Gasteiger partial charge is 0.402 e. The van der Waals surface area contributed by atoms with Gasteiger partial charge in [0.15, 0.2) is 5.01 Å². The number of amides is 1. The molecule has 200 valence electrons. The molecular weight excluding hydrogens is 533 g/mol. The Hall–Kier alpha value is -4.10. The summed E-state index contributed by atoms with van der Waals surface area (Å²) >= 11 is 0.575. The fraction of sp³-hybridized carbons (Fsp3) is 0.269. The summed E-state index contributed by atoms with van der Waals surface area (Å²) in [6.07, 6.45) is -5.09. The normalized spacial score (nSPS) is 20.6. The van der Waals surface area contributed by atoms with Gasteiger partial charge in [0, 0.05) is 35.6 Å². The molecule has 9 nitrogen and oxygen atoms in total. The SMILES string of the molecule is COC[C@H]1C[C@@H]1c1sc(C(F)(F)F)nc1-c1nnc(N[C@H]2N=C(c3ccccc3)c3ccccc3NC2=O)o1. The summed E-state index contributed by atoms with van der Waals surface area (Å²) in [4.78, 5) is 22.0. The molecule has 1 aliphatic carbocycles. The molecule has 2 aromatic carbocycles. The van der Waals surface area contributed by atoms with Crippen molar-refractivity contribution < 1.29 is 27.1 Å². The van der Waals surface area contributed by atoms with Crippen LogP contribution in [0.25, 0.3) is 11.6 Å². The fourth-order valence-corrected chi connectivity index (χ4v) is 5.63. The predicted octanol–water partition coefficient (Wildman–Crippen LogP) is 5.19. The van der Waals surface area contributed by atoms with E-state index in [0.29, 0.717) is 40.6 Å². The number of nitrogens with one attached hydrogen (secondary N) is 2. The maximum Gasteiger partial charge on any atom is 0.443 e. The fourth-order valence-electron chi connectivity index (χ4n) is 4.50. The van der Waals surface area contributed by atoms with E-state index in [-0.39, 0.29) is 29.4 Å². The van der Waals surface area contributed by atoms with E-state index in [1.165, 1.54) is 0 Å². The number of aromatic nitrogens is 3. The number of ether oxygens (including phenoxy) is 1. The maximum absolute atomic E-state index is 13.5.